The van der Waals surface area contributed by atoms with Crippen molar-refractivity contribution in [3.63, 3.8) is 0 Å². The van der Waals surface area contributed by atoms with E-state index >= 15 is 0 Å². The largest absolute Gasteiger partial charge is 0.508 e. The van der Waals surface area contributed by atoms with Crippen LogP contribution >= 0.6 is 0 Å². The zero-order valence-electron chi connectivity index (χ0n) is 22.9. The van der Waals surface area contributed by atoms with E-state index in [0.717, 1.165) is 33.6 Å². The number of aromatic amines is 2. The topological polar surface area (TPSA) is 114 Å². The van der Waals surface area contributed by atoms with Crippen LogP contribution in [0, 0.1) is 0 Å². The van der Waals surface area contributed by atoms with Crippen LogP contribution in [0.25, 0.3) is 22.3 Å². The Labute approximate surface area is 238 Å². The summed E-state index contributed by atoms with van der Waals surface area (Å²) in [6.45, 7) is 4.81. The standard InChI is InChI=1S/C20H19NO3.C13H13NO3/c1-2-23-20(22)19-12-17(13-21-19)16-8-10-18(11-9-16)24-14-15-6-4-3-5-7-15;1-2-17-13(16)12-7-10(8-14-12)9-3-5-11(15)6-4-9/h3-13,21H,2,14H2,1H3;3-8,14-15H,2H2,1H3. The van der Waals surface area contributed by atoms with Gasteiger partial charge >= 0.3 is 11.9 Å². The number of rotatable bonds is 9. The van der Waals surface area contributed by atoms with E-state index in [1.807, 2.05) is 54.6 Å². The van der Waals surface area contributed by atoms with Gasteiger partial charge in [0.15, 0.2) is 0 Å². The quantitative estimate of drug-likeness (QED) is 0.170. The van der Waals surface area contributed by atoms with Crippen molar-refractivity contribution in [1.29, 1.82) is 0 Å². The molecule has 3 aromatic carbocycles. The minimum Gasteiger partial charge on any atom is -0.508 e. The van der Waals surface area contributed by atoms with Crippen LogP contribution in [-0.4, -0.2) is 40.2 Å². The van der Waals surface area contributed by atoms with Crippen molar-refractivity contribution in [1.82, 2.24) is 9.97 Å². The van der Waals surface area contributed by atoms with Gasteiger partial charge in [-0.1, -0.05) is 54.6 Å². The number of hydrogen-bond donors (Lipinski definition) is 3. The van der Waals surface area contributed by atoms with E-state index in [0.29, 0.717) is 31.2 Å². The van der Waals surface area contributed by atoms with Crippen molar-refractivity contribution in [2.24, 2.45) is 0 Å². The summed E-state index contributed by atoms with van der Waals surface area (Å²) in [6.07, 6.45) is 3.53. The molecular formula is C33H32N2O6. The van der Waals surface area contributed by atoms with E-state index in [4.69, 9.17) is 14.2 Å². The molecule has 2 aromatic heterocycles. The lowest BCUT2D eigenvalue weighted by atomic mass is 10.1. The molecule has 0 saturated heterocycles. The molecule has 0 aliphatic carbocycles. The Morgan fingerprint density at radius 2 is 1.15 bits per heavy atom. The number of ether oxygens (including phenoxy) is 3. The third kappa shape index (κ3) is 8.12. The average Bonchev–Trinajstić information content (AvgIpc) is 3.69. The second-order valence-electron chi connectivity index (χ2n) is 8.89. The molecule has 0 fully saturated rings. The number of aromatic nitrogens is 2. The molecule has 2 heterocycles. The highest BCUT2D eigenvalue weighted by atomic mass is 16.5. The number of hydrogen-bond acceptors (Lipinski definition) is 6. The molecule has 8 heteroatoms. The van der Waals surface area contributed by atoms with E-state index in [2.05, 4.69) is 9.97 Å². The van der Waals surface area contributed by atoms with Gasteiger partial charge < -0.3 is 29.3 Å². The van der Waals surface area contributed by atoms with Gasteiger partial charge in [-0.3, -0.25) is 0 Å². The fraction of sp³-hybridized carbons (Fsp3) is 0.152. The molecule has 0 saturated carbocycles. The summed E-state index contributed by atoms with van der Waals surface area (Å²) in [6, 6.07) is 28.1. The molecule has 0 atom stereocenters. The first-order chi connectivity index (χ1) is 20.0. The summed E-state index contributed by atoms with van der Waals surface area (Å²) < 4.78 is 15.6. The lowest BCUT2D eigenvalue weighted by molar-refractivity contribution is 0.0511. The van der Waals surface area contributed by atoms with E-state index < -0.39 is 0 Å². The smallest absolute Gasteiger partial charge is 0.354 e. The van der Waals surface area contributed by atoms with Crippen molar-refractivity contribution in [3.05, 3.63) is 120 Å². The number of esters is 2. The first kappa shape index (κ1) is 28.8. The molecule has 0 unspecified atom stereocenters. The van der Waals surface area contributed by atoms with Gasteiger partial charge in [0.05, 0.1) is 13.2 Å². The van der Waals surface area contributed by atoms with Crippen LogP contribution in [0.3, 0.4) is 0 Å². The number of carbonyl (C=O) groups is 2. The third-order valence-corrected chi connectivity index (χ3v) is 5.99. The van der Waals surface area contributed by atoms with Gasteiger partial charge in [-0.2, -0.15) is 0 Å². The number of aromatic hydroxyl groups is 1. The summed E-state index contributed by atoms with van der Waals surface area (Å²) in [4.78, 5) is 29.0. The molecular weight excluding hydrogens is 520 g/mol. The molecule has 0 aliphatic heterocycles. The third-order valence-electron chi connectivity index (χ3n) is 5.99. The highest BCUT2D eigenvalue weighted by Crippen LogP contribution is 2.24. The predicted molar refractivity (Wildman–Crippen MR) is 157 cm³/mol. The fourth-order valence-corrected chi connectivity index (χ4v) is 3.91. The maximum atomic E-state index is 11.7. The second kappa shape index (κ2) is 14.2. The first-order valence-corrected chi connectivity index (χ1v) is 13.2. The van der Waals surface area contributed by atoms with E-state index in [1.54, 1.807) is 62.6 Å². The molecule has 5 rings (SSSR count). The molecule has 8 nitrogen and oxygen atoms in total. The Morgan fingerprint density at radius 3 is 1.63 bits per heavy atom. The van der Waals surface area contributed by atoms with Crippen molar-refractivity contribution in [3.8, 4) is 33.8 Å². The minimum atomic E-state index is -0.363. The molecule has 41 heavy (non-hydrogen) atoms. The van der Waals surface area contributed by atoms with Gasteiger partial charge in [0.1, 0.15) is 29.5 Å². The zero-order chi connectivity index (χ0) is 29.0. The SMILES string of the molecule is CCOC(=O)c1cc(-c2ccc(O)cc2)c[nH]1.CCOC(=O)c1cc(-c2ccc(OCc3ccccc3)cc2)c[nH]1. The van der Waals surface area contributed by atoms with Crippen LogP contribution in [0.4, 0.5) is 0 Å². The van der Waals surface area contributed by atoms with Crippen molar-refractivity contribution in [2.45, 2.75) is 20.5 Å². The summed E-state index contributed by atoms with van der Waals surface area (Å²) >= 11 is 0. The molecule has 0 amide bonds. The Balaban J connectivity index is 0.000000201. The molecule has 0 spiro atoms. The number of phenolic OH excluding ortho intramolecular Hbond substituents is 1. The summed E-state index contributed by atoms with van der Waals surface area (Å²) in [5.41, 5.74) is 5.77. The molecule has 0 bridgehead atoms. The lowest BCUT2D eigenvalue weighted by Gasteiger charge is -2.07. The van der Waals surface area contributed by atoms with E-state index in [-0.39, 0.29) is 17.7 Å². The number of H-pyrrole nitrogens is 2. The fourth-order valence-electron chi connectivity index (χ4n) is 3.91. The van der Waals surface area contributed by atoms with E-state index in [9.17, 15) is 14.7 Å². The molecule has 5 aromatic rings. The minimum absolute atomic E-state index is 0.218. The second-order valence-corrected chi connectivity index (χ2v) is 8.89. The maximum absolute atomic E-state index is 11.7. The van der Waals surface area contributed by atoms with Crippen LogP contribution in [-0.2, 0) is 16.1 Å². The first-order valence-electron chi connectivity index (χ1n) is 13.2. The van der Waals surface area contributed by atoms with Crippen molar-refractivity contribution in [2.75, 3.05) is 13.2 Å². The molecule has 210 valence electrons. The van der Waals surface area contributed by atoms with Gasteiger partial charge in [-0.15, -0.1) is 0 Å². The van der Waals surface area contributed by atoms with Crippen molar-refractivity contribution >= 4 is 11.9 Å². The average molecular weight is 553 g/mol. The van der Waals surface area contributed by atoms with Crippen LogP contribution in [0.2, 0.25) is 0 Å². The normalized spacial score (nSPS) is 10.3. The van der Waals surface area contributed by atoms with Crippen molar-refractivity contribution < 1.29 is 28.9 Å². The zero-order valence-corrected chi connectivity index (χ0v) is 22.9. The van der Waals surface area contributed by atoms with Gasteiger partial charge in [0, 0.05) is 12.4 Å². The highest BCUT2D eigenvalue weighted by molar-refractivity contribution is 5.90. The number of carbonyl (C=O) groups excluding carboxylic acids is 2. The Bertz CT molecular complexity index is 1540. The molecule has 3 N–H and O–H groups in total. The summed E-state index contributed by atoms with van der Waals surface area (Å²) in [7, 11) is 0. The number of benzene rings is 3. The van der Waals surface area contributed by atoms with Gasteiger partial charge in [0.2, 0.25) is 0 Å². The van der Waals surface area contributed by atoms with E-state index in [1.165, 1.54) is 0 Å². The monoisotopic (exact) mass is 552 g/mol. The van der Waals surface area contributed by atoms with Gasteiger partial charge in [0.25, 0.3) is 0 Å². The molecule has 0 radical (unpaired) electrons. The van der Waals surface area contributed by atoms with Crippen LogP contribution in [0.15, 0.2) is 103 Å². The van der Waals surface area contributed by atoms with Crippen LogP contribution in [0.5, 0.6) is 11.5 Å². The summed E-state index contributed by atoms with van der Waals surface area (Å²) in [5.74, 6) is 0.322. The number of phenols is 1. The summed E-state index contributed by atoms with van der Waals surface area (Å²) in [5, 5.41) is 9.19. The van der Waals surface area contributed by atoms with Gasteiger partial charge in [-0.05, 0) is 78.1 Å². The highest BCUT2D eigenvalue weighted by Gasteiger charge is 2.11. The van der Waals surface area contributed by atoms with Crippen LogP contribution in [0.1, 0.15) is 40.4 Å². The lowest BCUT2D eigenvalue weighted by Crippen LogP contribution is -2.04. The Morgan fingerprint density at radius 1 is 0.659 bits per heavy atom. The molecule has 0 aliphatic rings. The van der Waals surface area contributed by atoms with Crippen LogP contribution < -0.4 is 4.74 Å². The van der Waals surface area contributed by atoms with Gasteiger partial charge in [-0.25, -0.2) is 9.59 Å². The Kier molecular flexibility index (Phi) is 9.98. The predicted octanol–water partition coefficient (Wildman–Crippen LogP) is 7.00. The maximum Gasteiger partial charge on any atom is 0.354 e. The number of nitrogens with one attached hydrogen (secondary N) is 2. The Hall–Kier alpha value is -5.24.